The highest BCUT2D eigenvalue weighted by Crippen LogP contribution is 1.78. The average molecular weight is 200 g/mol. The van der Waals surface area contributed by atoms with E-state index < -0.39 is 11.9 Å². The summed E-state index contributed by atoms with van der Waals surface area (Å²) in [5, 5.41) is 15.7. The molecule has 0 aromatic rings. The van der Waals surface area contributed by atoms with E-state index in [-0.39, 0.29) is 6.61 Å². The lowest BCUT2D eigenvalue weighted by Gasteiger charge is -1.92. The minimum Gasteiger partial charge on any atom is -0.516 e. The van der Waals surface area contributed by atoms with E-state index in [9.17, 15) is 9.59 Å². The van der Waals surface area contributed by atoms with E-state index in [1.807, 2.05) is 0 Å². The highest BCUT2D eigenvalue weighted by atomic mass is 16.5. The molecule has 0 aromatic carbocycles. The SMILES string of the molecule is C=CC(=O)O.C=CC(=O)OCC=CO. The van der Waals surface area contributed by atoms with Gasteiger partial charge in [-0.3, -0.25) is 0 Å². The molecule has 0 aliphatic heterocycles. The van der Waals surface area contributed by atoms with Crippen LogP contribution in [0.1, 0.15) is 0 Å². The van der Waals surface area contributed by atoms with Crippen LogP contribution in [0.5, 0.6) is 0 Å². The van der Waals surface area contributed by atoms with Crippen molar-refractivity contribution in [1.82, 2.24) is 0 Å². The van der Waals surface area contributed by atoms with Gasteiger partial charge in [0.2, 0.25) is 0 Å². The van der Waals surface area contributed by atoms with Gasteiger partial charge in [-0.05, 0) is 6.08 Å². The molecule has 0 amide bonds. The number of rotatable bonds is 4. The van der Waals surface area contributed by atoms with Crippen LogP contribution in [0.4, 0.5) is 0 Å². The molecule has 5 nitrogen and oxygen atoms in total. The molecule has 0 radical (unpaired) electrons. The molecule has 0 aromatic heterocycles. The lowest BCUT2D eigenvalue weighted by molar-refractivity contribution is -0.136. The van der Waals surface area contributed by atoms with Gasteiger partial charge in [0.05, 0.1) is 6.26 Å². The van der Waals surface area contributed by atoms with Gasteiger partial charge in [-0.2, -0.15) is 0 Å². The lowest BCUT2D eigenvalue weighted by Crippen LogP contribution is -1.98. The van der Waals surface area contributed by atoms with Gasteiger partial charge >= 0.3 is 11.9 Å². The number of carbonyl (C=O) groups excluding carboxylic acids is 1. The largest absolute Gasteiger partial charge is 0.516 e. The first kappa shape index (κ1) is 14.5. The third-order valence-corrected chi connectivity index (χ3v) is 0.769. The Kier molecular flexibility index (Phi) is 11.3. The number of carbonyl (C=O) groups is 2. The number of hydrogen-bond donors (Lipinski definition) is 2. The summed E-state index contributed by atoms with van der Waals surface area (Å²) in [6.07, 6.45) is 4.02. The van der Waals surface area contributed by atoms with Crippen LogP contribution >= 0.6 is 0 Å². The van der Waals surface area contributed by atoms with Gasteiger partial charge in [0.25, 0.3) is 0 Å². The third kappa shape index (κ3) is 16.5. The van der Waals surface area contributed by atoms with Crippen molar-refractivity contribution in [2.45, 2.75) is 0 Å². The monoisotopic (exact) mass is 200 g/mol. The van der Waals surface area contributed by atoms with Crippen molar-refractivity contribution in [3.05, 3.63) is 37.6 Å². The zero-order valence-electron chi connectivity index (χ0n) is 7.55. The number of esters is 1. The average Bonchev–Trinajstić information content (AvgIpc) is 2.19. The molecule has 0 fully saturated rings. The van der Waals surface area contributed by atoms with Gasteiger partial charge in [-0.25, -0.2) is 9.59 Å². The summed E-state index contributed by atoms with van der Waals surface area (Å²) in [6.45, 7) is 6.22. The highest BCUT2D eigenvalue weighted by molar-refractivity contribution is 5.81. The van der Waals surface area contributed by atoms with Crippen molar-refractivity contribution in [1.29, 1.82) is 0 Å². The number of carboxylic acids is 1. The minimum absolute atomic E-state index is 0.0847. The molecule has 78 valence electrons. The zero-order valence-corrected chi connectivity index (χ0v) is 7.55. The van der Waals surface area contributed by atoms with E-state index in [4.69, 9.17) is 10.2 Å². The van der Waals surface area contributed by atoms with E-state index in [2.05, 4.69) is 17.9 Å². The molecule has 0 aliphatic rings. The van der Waals surface area contributed by atoms with Gasteiger partial charge in [0, 0.05) is 12.2 Å². The molecule has 0 spiro atoms. The number of aliphatic carboxylic acids is 1. The van der Waals surface area contributed by atoms with Crippen LogP contribution in [0.3, 0.4) is 0 Å². The van der Waals surface area contributed by atoms with Crippen LogP contribution in [-0.2, 0) is 14.3 Å². The van der Waals surface area contributed by atoms with E-state index in [0.717, 1.165) is 18.4 Å². The standard InChI is InChI=1S/C6H8O3.C3H4O2/c1-2-6(8)9-5-3-4-7;1-2-3(4)5/h2-4,7H,1,5H2;2H,1H2,(H,4,5). The predicted octanol–water partition coefficient (Wildman–Crippen LogP) is 1.04. The van der Waals surface area contributed by atoms with E-state index >= 15 is 0 Å². The molecule has 14 heavy (non-hydrogen) atoms. The number of hydrogen-bond acceptors (Lipinski definition) is 4. The Labute approximate surface area is 81.6 Å². The molecular formula is C9H12O5. The Balaban J connectivity index is 0. The first-order chi connectivity index (χ1) is 6.58. The quantitative estimate of drug-likeness (QED) is 0.402. The van der Waals surface area contributed by atoms with E-state index in [1.165, 1.54) is 6.08 Å². The summed E-state index contributed by atoms with van der Waals surface area (Å²) in [5.74, 6) is -1.47. The second-order valence-electron chi connectivity index (χ2n) is 1.76. The second kappa shape index (κ2) is 11.0. The van der Waals surface area contributed by atoms with Crippen LogP contribution in [0.15, 0.2) is 37.6 Å². The summed E-state index contributed by atoms with van der Waals surface area (Å²) < 4.78 is 4.43. The summed E-state index contributed by atoms with van der Waals surface area (Å²) >= 11 is 0. The molecular weight excluding hydrogens is 188 g/mol. The summed E-state index contributed by atoms with van der Waals surface area (Å²) in [6, 6.07) is 0. The maximum absolute atomic E-state index is 10.2. The van der Waals surface area contributed by atoms with Crippen molar-refractivity contribution >= 4 is 11.9 Å². The minimum atomic E-state index is -0.981. The van der Waals surface area contributed by atoms with Gasteiger partial charge in [0.1, 0.15) is 6.61 Å². The Morgan fingerprint density at radius 2 is 1.79 bits per heavy atom. The first-order valence-electron chi connectivity index (χ1n) is 3.52. The smallest absolute Gasteiger partial charge is 0.330 e. The van der Waals surface area contributed by atoms with Crippen LogP contribution < -0.4 is 0 Å². The molecule has 0 atom stereocenters. The van der Waals surface area contributed by atoms with Gasteiger partial charge < -0.3 is 14.9 Å². The predicted molar refractivity (Wildman–Crippen MR) is 50.8 cm³/mol. The lowest BCUT2D eigenvalue weighted by atomic mass is 10.6. The van der Waals surface area contributed by atoms with Crippen molar-refractivity contribution < 1.29 is 24.5 Å². The van der Waals surface area contributed by atoms with Gasteiger partial charge in [-0.1, -0.05) is 13.2 Å². The van der Waals surface area contributed by atoms with Gasteiger partial charge in [0.15, 0.2) is 0 Å². The highest BCUT2D eigenvalue weighted by Gasteiger charge is 1.88. The molecule has 0 heterocycles. The molecule has 0 saturated heterocycles. The van der Waals surface area contributed by atoms with Crippen LogP contribution in [0.2, 0.25) is 0 Å². The summed E-state index contributed by atoms with van der Waals surface area (Å²) in [5.41, 5.74) is 0. The maximum Gasteiger partial charge on any atom is 0.330 e. The van der Waals surface area contributed by atoms with E-state index in [0.29, 0.717) is 0 Å². The maximum atomic E-state index is 10.2. The van der Waals surface area contributed by atoms with Crippen LogP contribution in [0.25, 0.3) is 0 Å². The van der Waals surface area contributed by atoms with Crippen molar-refractivity contribution in [2.75, 3.05) is 6.61 Å². The normalized spacial score (nSPS) is 8.29. The first-order valence-corrected chi connectivity index (χ1v) is 3.52. The third-order valence-electron chi connectivity index (χ3n) is 0.769. The summed E-state index contributed by atoms with van der Waals surface area (Å²) in [7, 11) is 0. The fourth-order valence-electron chi connectivity index (χ4n) is 0.232. The van der Waals surface area contributed by atoms with E-state index in [1.54, 1.807) is 0 Å². The molecule has 0 rings (SSSR count). The van der Waals surface area contributed by atoms with Crippen molar-refractivity contribution in [3.8, 4) is 0 Å². The zero-order chi connectivity index (χ0) is 11.4. The van der Waals surface area contributed by atoms with Gasteiger partial charge in [-0.15, -0.1) is 0 Å². The molecule has 0 saturated carbocycles. The Morgan fingerprint density at radius 1 is 1.29 bits per heavy atom. The second-order valence-corrected chi connectivity index (χ2v) is 1.76. The topological polar surface area (TPSA) is 83.8 Å². The van der Waals surface area contributed by atoms with Crippen molar-refractivity contribution in [3.63, 3.8) is 0 Å². The van der Waals surface area contributed by atoms with Crippen LogP contribution in [-0.4, -0.2) is 28.8 Å². The Hall–Kier alpha value is -2.04. The molecule has 0 bridgehead atoms. The fraction of sp³-hybridized carbons (Fsp3) is 0.111. The number of aliphatic hydroxyl groups excluding tert-OH is 1. The number of aliphatic hydroxyl groups is 1. The fourth-order valence-corrected chi connectivity index (χ4v) is 0.232. The number of carboxylic acid groups (broad SMARTS) is 1. The van der Waals surface area contributed by atoms with Crippen molar-refractivity contribution in [2.24, 2.45) is 0 Å². The molecule has 0 aliphatic carbocycles. The Morgan fingerprint density at radius 3 is 2.07 bits per heavy atom. The van der Waals surface area contributed by atoms with Crippen LogP contribution in [0, 0.1) is 0 Å². The molecule has 2 N–H and O–H groups in total. The molecule has 0 unspecified atom stereocenters. The molecule has 5 heteroatoms. The summed E-state index contributed by atoms with van der Waals surface area (Å²) in [4.78, 5) is 19.5. The number of ether oxygens (including phenoxy) is 1. The Bertz CT molecular complexity index is 229.